The Morgan fingerprint density at radius 2 is 1.75 bits per heavy atom. The molecule has 1 aromatic carbocycles. The number of anilines is 1. The minimum atomic E-state index is 0.624. The summed E-state index contributed by atoms with van der Waals surface area (Å²) in [5, 5.41) is 4.10. The van der Waals surface area contributed by atoms with E-state index in [9.17, 15) is 0 Å². The first-order chi connectivity index (χ1) is 13.7. The molecule has 4 rings (SSSR count). The minimum absolute atomic E-state index is 0.624. The number of imidazole rings is 1. The van der Waals surface area contributed by atoms with Crippen LogP contribution in [-0.4, -0.2) is 19.5 Å². The zero-order valence-electron chi connectivity index (χ0n) is 15.5. The van der Waals surface area contributed by atoms with E-state index in [2.05, 4.69) is 39.0 Å². The fourth-order valence-corrected chi connectivity index (χ4v) is 3.15. The van der Waals surface area contributed by atoms with E-state index in [1.54, 1.807) is 12.4 Å². The lowest BCUT2D eigenvalue weighted by molar-refractivity contribution is 0.887. The van der Waals surface area contributed by atoms with Crippen LogP contribution < -0.4 is 5.32 Å². The molecule has 0 fully saturated rings. The Kier molecular flexibility index (Phi) is 5.35. The summed E-state index contributed by atoms with van der Waals surface area (Å²) in [6.45, 7) is 2.69. The molecule has 1 N–H and O–H groups in total. The van der Waals surface area contributed by atoms with E-state index in [4.69, 9.17) is 16.6 Å². The summed E-state index contributed by atoms with van der Waals surface area (Å²) in [6, 6.07) is 15.7. The number of nitrogens with one attached hydrogen (secondary N) is 1. The number of rotatable bonds is 6. The third kappa shape index (κ3) is 4.38. The van der Waals surface area contributed by atoms with E-state index >= 15 is 0 Å². The normalized spacial score (nSPS) is 10.8. The molecular weight excluding hydrogens is 370 g/mol. The first-order valence-corrected chi connectivity index (χ1v) is 9.44. The Hall–Kier alpha value is -3.18. The molecule has 6 heteroatoms. The Bertz CT molecular complexity index is 1060. The number of hydrogen-bond donors (Lipinski definition) is 1. The van der Waals surface area contributed by atoms with Crippen LogP contribution in [0.4, 0.5) is 5.69 Å². The lowest BCUT2D eigenvalue weighted by Crippen LogP contribution is -2.03. The molecule has 0 aliphatic heterocycles. The third-order valence-electron chi connectivity index (χ3n) is 4.40. The van der Waals surface area contributed by atoms with Crippen molar-refractivity contribution >= 4 is 17.3 Å². The molecule has 3 heterocycles. The van der Waals surface area contributed by atoms with Crippen LogP contribution in [0.1, 0.15) is 22.8 Å². The zero-order chi connectivity index (χ0) is 19.3. The Morgan fingerprint density at radius 3 is 2.50 bits per heavy atom. The van der Waals surface area contributed by atoms with Gasteiger partial charge in [-0.05, 0) is 61.0 Å². The number of aromatic nitrogens is 4. The van der Waals surface area contributed by atoms with Crippen LogP contribution in [0.5, 0.6) is 0 Å². The molecule has 0 atom stereocenters. The van der Waals surface area contributed by atoms with Crippen LogP contribution in [0, 0.1) is 6.92 Å². The molecule has 0 spiro atoms. The van der Waals surface area contributed by atoms with Crippen molar-refractivity contribution in [1.29, 1.82) is 0 Å². The summed E-state index contributed by atoms with van der Waals surface area (Å²) in [6.07, 6.45) is 8.08. The van der Waals surface area contributed by atoms with Crippen molar-refractivity contribution in [2.75, 3.05) is 5.32 Å². The van der Waals surface area contributed by atoms with Crippen LogP contribution in [0.2, 0.25) is 5.02 Å². The Labute approximate surface area is 169 Å². The van der Waals surface area contributed by atoms with E-state index < -0.39 is 0 Å². The van der Waals surface area contributed by atoms with E-state index in [1.807, 2.05) is 48.7 Å². The molecule has 0 bridgehead atoms. The number of aryl methyl sites for hydroxylation is 1. The van der Waals surface area contributed by atoms with E-state index in [-0.39, 0.29) is 0 Å². The largest absolute Gasteiger partial charge is 0.379 e. The molecule has 4 aromatic rings. The maximum atomic E-state index is 6.06. The molecule has 0 aliphatic carbocycles. The van der Waals surface area contributed by atoms with Crippen LogP contribution in [-0.2, 0) is 13.0 Å². The second-order valence-corrected chi connectivity index (χ2v) is 7.02. The Balaban J connectivity index is 1.63. The van der Waals surface area contributed by atoms with Gasteiger partial charge in [0, 0.05) is 53.3 Å². The van der Waals surface area contributed by atoms with Gasteiger partial charge in [0.15, 0.2) is 0 Å². The maximum Gasteiger partial charge on any atom is 0.119 e. The Morgan fingerprint density at radius 1 is 0.964 bits per heavy atom. The SMILES string of the molecule is Cc1ccnc(Cc2nc(CNc3ccncc3)cn2-c2ccc(Cl)cc2)c1. The number of pyridine rings is 2. The highest BCUT2D eigenvalue weighted by Gasteiger charge is 2.12. The molecule has 0 saturated carbocycles. The average molecular weight is 390 g/mol. The summed E-state index contributed by atoms with van der Waals surface area (Å²) >= 11 is 6.06. The summed E-state index contributed by atoms with van der Waals surface area (Å²) in [7, 11) is 0. The summed E-state index contributed by atoms with van der Waals surface area (Å²) < 4.78 is 2.10. The van der Waals surface area contributed by atoms with Crippen molar-refractivity contribution in [1.82, 2.24) is 19.5 Å². The molecule has 28 heavy (non-hydrogen) atoms. The highest BCUT2D eigenvalue weighted by molar-refractivity contribution is 6.30. The first kappa shape index (κ1) is 18.2. The van der Waals surface area contributed by atoms with Gasteiger partial charge < -0.3 is 9.88 Å². The molecule has 0 radical (unpaired) electrons. The summed E-state index contributed by atoms with van der Waals surface area (Å²) in [5.74, 6) is 0.937. The van der Waals surface area contributed by atoms with Gasteiger partial charge in [-0.15, -0.1) is 0 Å². The van der Waals surface area contributed by atoms with Gasteiger partial charge >= 0.3 is 0 Å². The highest BCUT2D eigenvalue weighted by Crippen LogP contribution is 2.19. The standard InChI is InChI=1S/C22H20ClN5/c1-16-6-11-25-19(12-16)13-22-27-20(14-26-18-7-9-24-10-8-18)15-28(22)21-4-2-17(23)3-5-21/h2-12,15H,13-14H2,1H3,(H,24,26). The van der Waals surface area contributed by atoms with Gasteiger partial charge in [-0.25, -0.2) is 4.98 Å². The van der Waals surface area contributed by atoms with Gasteiger partial charge in [0.2, 0.25) is 0 Å². The zero-order valence-corrected chi connectivity index (χ0v) is 16.3. The quantitative estimate of drug-likeness (QED) is 0.513. The van der Waals surface area contributed by atoms with Crippen molar-refractivity contribution in [2.24, 2.45) is 0 Å². The lowest BCUT2D eigenvalue weighted by atomic mass is 10.2. The number of benzene rings is 1. The van der Waals surface area contributed by atoms with Gasteiger partial charge in [-0.1, -0.05) is 11.6 Å². The second kappa shape index (κ2) is 8.23. The minimum Gasteiger partial charge on any atom is -0.379 e. The van der Waals surface area contributed by atoms with Crippen molar-refractivity contribution in [3.05, 3.63) is 101 Å². The smallest absolute Gasteiger partial charge is 0.119 e. The van der Waals surface area contributed by atoms with Gasteiger partial charge in [0.05, 0.1) is 12.2 Å². The van der Waals surface area contributed by atoms with Crippen LogP contribution in [0.3, 0.4) is 0 Å². The molecular formula is C22H20ClN5. The summed E-state index contributed by atoms with van der Waals surface area (Å²) in [5.41, 5.74) is 5.17. The van der Waals surface area contributed by atoms with E-state index in [1.165, 1.54) is 5.56 Å². The van der Waals surface area contributed by atoms with Crippen molar-refractivity contribution in [3.8, 4) is 5.69 Å². The van der Waals surface area contributed by atoms with Crippen molar-refractivity contribution in [3.63, 3.8) is 0 Å². The van der Waals surface area contributed by atoms with Crippen molar-refractivity contribution in [2.45, 2.75) is 19.9 Å². The molecule has 0 aliphatic rings. The molecule has 5 nitrogen and oxygen atoms in total. The predicted octanol–water partition coefficient (Wildman–Crippen LogP) is 4.83. The molecule has 0 saturated heterocycles. The molecule has 0 amide bonds. The van der Waals surface area contributed by atoms with Crippen LogP contribution >= 0.6 is 11.6 Å². The van der Waals surface area contributed by atoms with Gasteiger partial charge in [-0.3, -0.25) is 9.97 Å². The fraction of sp³-hybridized carbons (Fsp3) is 0.136. The van der Waals surface area contributed by atoms with E-state index in [0.717, 1.165) is 28.6 Å². The number of nitrogens with zero attached hydrogens (tertiary/aromatic N) is 4. The van der Waals surface area contributed by atoms with Crippen LogP contribution in [0.15, 0.2) is 73.3 Å². The molecule has 3 aromatic heterocycles. The first-order valence-electron chi connectivity index (χ1n) is 9.06. The lowest BCUT2D eigenvalue weighted by Gasteiger charge is -2.08. The van der Waals surface area contributed by atoms with Gasteiger partial charge in [0.25, 0.3) is 0 Å². The van der Waals surface area contributed by atoms with Crippen LogP contribution in [0.25, 0.3) is 5.69 Å². The molecule has 0 unspecified atom stereocenters. The van der Waals surface area contributed by atoms with Gasteiger partial charge in [0.1, 0.15) is 5.82 Å². The topological polar surface area (TPSA) is 55.6 Å². The predicted molar refractivity (Wildman–Crippen MR) is 112 cm³/mol. The van der Waals surface area contributed by atoms with E-state index in [0.29, 0.717) is 18.0 Å². The number of halogens is 1. The second-order valence-electron chi connectivity index (χ2n) is 6.59. The number of hydrogen-bond acceptors (Lipinski definition) is 4. The monoisotopic (exact) mass is 389 g/mol. The molecule has 140 valence electrons. The fourth-order valence-electron chi connectivity index (χ4n) is 3.03. The highest BCUT2D eigenvalue weighted by atomic mass is 35.5. The van der Waals surface area contributed by atoms with Gasteiger partial charge in [-0.2, -0.15) is 0 Å². The summed E-state index contributed by atoms with van der Waals surface area (Å²) in [4.78, 5) is 13.4. The average Bonchev–Trinajstić information content (AvgIpc) is 3.10. The maximum absolute atomic E-state index is 6.06. The van der Waals surface area contributed by atoms with Crippen molar-refractivity contribution < 1.29 is 0 Å². The third-order valence-corrected chi connectivity index (χ3v) is 4.65.